The Hall–Kier alpha value is -2.08. The fraction of sp³-hybridized carbons (Fsp3) is 0.267. The third-order valence-electron chi connectivity index (χ3n) is 3.11. The maximum absolute atomic E-state index is 12.2. The van der Waals surface area contributed by atoms with Crippen LogP contribution in [0.1, 0.15) is 16.8 Å². The molecule has 0 saturated carbocycles. The summed E-state index contributed by atoms with van der Waals surface area (Å²) in [6, 6.07) is 8.64. The number of hydrogen-bond acceptors (Lipinski definition) is 4. The van der Waals surface area contributed by atoms with Crippen molar-refractivity contribution in [3.05, 3.63) is 42.1 Å². The van der Waals surface area contributed by atoms with Crippen molar-refractivity contribution in [2.24, 2.45) is 5.73 Å². The van der Waals surface area contributed by atoms with Crippen LogP contribution in [-0.2, 0) is 4.79 Å². The van der Waals surface area contributed by atoms with Gasteiger partial charge in [-0.25, -0.2) is 0 Å². The van der Waals surface area contributed by atoms with Crippen LogP contribution in [-0.4, -0.2) is 34.8 Å². The Morgan fingerprint density at radius 1 is 1.38 bits per heavy atom. The monoisotopic (exact) mass is 303 g/mol. The first-order valence-electron chi connectivity index (χ1n) is 6.55. The number of fused-ring (bicyclic) bond motifs is 1. The Kier molecular flexibility index (Phi) is 5.16. The molecule has 3 N–H and O–H groups in total. The predicted octanol–water partition coefficient (Wildman–Crippen LogP) is 1.57. The van der Waals surface area contributed by atoms with E-state index in [0.717, 1.165) is 16.7 Å². The van der Waals surface area contributed by atoms with E-state index in [1.807, 2.05) is 30.5 Å². The number of carbonyl (C=O) groups is 2. The highest BCUT2D eigenvalue weighted by Gasteiger charge is 2.18. The summed E-state index contributed by atoms with van der Waals surface area (Å²) >= 11 is 1.60. The SMILES string of the molecule is CSCC[C@@H](NC(=O)c1cnc2ccccc2c1)C(N)=O. The Labute approximate surface area is 127 Å². The van der Waals surface area contributed by atoms with Gasteiger partial charge < -0.3 is 11.1 Å². The predicted molar refractivity (Wildman–Crippen MR) is 85.2 cm³/mol. The molecule has 2 rings (SSSR count). The summed E-state index contributed by atoms with van der Waals surface area (Å²) in [5, 5.41) is 3.54. The lowest BCUT2D eigenvalue weighted by Gasteiger charge is -2.15. The van der Waals surface area contributed by atoms with E-state index in [4.69, 9.17) is 5.73 Å². The van der Waals surface area contributed by atoms with Crippen molar-refractivity contribution in [2.45, 2.75) is 12.5 Å². The zero-order valence-corrected chi connectivity index (χ0v) is 12.5. The third-order valence-corrected chi connectivity index (χ3v) is 3.76. The van der Waals surface area contributed by atoms with Crippen LogP contribution < -0.4 is 11.1 Å². The molecule has 0 aliphatic rings. The number of rotatable bonds is 6. The highest BCUT2D eigenvalue weighted by Crippen LogP contribution is 2.13. The molecule has 2 aromatic rings. The average molecular weight is 303 g/mol. The first-order valence-corrected chi connectivity index (χ1v) is 7.95. The van der Waals surface area contributed by atoms with Gasteiger partial charge in [0.05, 0.1) is 11.1 Å². The number of nitrogens with zero attached hydrogens (tertiary/aromatic N) is 1. The zero-order valence-electron chi connectivity index (χ0n) is 11.7. The molecule has 0 bridgehead atoms. The van der Waals surface area contributed by atoms with Gasteiger partial charge in [0.15, 0.2) is 0 Å². The molecule has 0 aliphatic carbocycles. The number of para-hydroxylation sites is 1. The van der Waals surface area contributed by atoms with Crippen LogP contribution in [0.2, 0.25) is 0 Å². The van der Waals surface area contributed by atoms with E-state index >= 15 is 0 Å². The molecule has 0 aliphatic heterocycles. The Balaban J connectivity index is 2.15. The van der Waals surface area contributed by atoms with Crippen LogP contribution in [0.15, 0.2) is 36.5 Å². The number of nitrogens with two attached hydrogens (primary N) is 1. The lowest BCUT2D eigenvalue weighted by molar-refractivity contribution is -0.119. The van der Waals surface area contributed by atoms with Gasteiger partial charge >= 0.3 is 0 Å². The van der Waals surface area contributed by atoms with Gasteiger partial charge in [-0.15, -0.1) is 0 Å². The van der Waals surface area contributed by atoms with Crippen molar-refractivity contribution in [3.63, 3.8) is 0 Å². The van der Waals surface area contributed by atoms with Gasteiger partial charge in [0.1, 0.15) is 6.04 Å². The Bertz CT molecular complexity index is 660. The van der Waals surface area contributed by atoms with Crippen LogP contribution in [0.3, 0.4) is 0 Å². The van der Waals surface area contributed by atoms with Crippen molar-refractivity contribution in [1.29, 1.82) is 0 Å². The number of amides is 2. The van der Waals surface area contributed by atoms with E-state index in [2.05, 4.69) is 10.3 Å². The van der Waals surface area contributed by atoms with Crippen LogP contribution in [0.5, 0.6) is 0 Å². The number of thioether (sulfide) groups is 1. The van der Waals surface area contributed by atoms with Crippen LogP contribution >= 0.6 is 11.8 Å². The van der Waals surface area contributed by atoms with Crippen molar-refractivity contribution in [3.8, 4) is 0 Å². The number of benzene rings is 1. The minimum atomic E-state index is -0.656. The van der Waals surface area contributed by atoms with Gasteiger partial charge in [-0.2, -0.15) is 11.8 Å². The van der Waals surface area contributed by atoms with E-state index in [-0.39, 0.29) is 5.91 Å². The molecule has 1 aromatic carbocycles. The van der Waals surface area contributed by atoms with E-state index in [9.17, 15) is 9.59 Å². The van der Waals surface area contributed by atoms with Crippen molar-refractivity contribution >= 4 is 34.5 Å². The van der Waals surface area contributed by atoms with Crippen LogP contribution in [0, 0.1) is 0 Å². The van der Waals surface area contributed by atoms with Gasteiger partial charge in [0, 0.05) is 11.6 Å². The first-order chi connectivity index (χ1) is 10.1. The summed E-state index contributed by atoms with van der Waals surface area (Å²) < 4.78 is 0. The Morgan fingerprint density at radius 2 is 2.14 bits per heavy atom. The minimum absolute atomic E-state index is 0.335. The molecule has 1 heterocycles. The van der Waals surface area contributed by atoms with Crippen LogP contribution in [0.4, 0.5) is 0 Å². The molecule has 110 valence electrons. The number of primary amides is 1. The number of aromatic nitrogens is 1. The molecule has 0 fully saturated rings. The fourth-order valence-electron chi connectivity index (χ4n) is 1.96. The number of pyridine rings is 1. The molecule has 1 aromatic heterocycles. The van der Waals surface area contributed by atoms with Gasteiger partial charge in [-0.3, -0.25) is 14.6 Å². The summed E-state index contributed by atoms with van der Waals surface area (Å²) in [5.74, 6) is -0.103. The van der Waals surface area contributed by atoms with E-state index in [0.29, 0.717) is 12.0 Å². The molecule has 2 amide bonds. The highest BCUT2D eigenvalue weighted by atomic mass is 32.2. The molecule has 0 saturated heterocycles. The maximum Gasteiger partial charge on any atom is 0.253 e. The second-order valence-corrected chi connectivity index (χ2v) is 5.61. The minimum Gasteiger partial charge on any atom is -0.368 e. The summed E-state index contributed by atoms with van der Waals surface area (Å²) in [6.45, 7) is 0. The lowest BCUT2D eigenvalue weighted by atomic mass is 10.1. The van der Waals surface area contributed by atoms with Crippen molar-refractivity contribution in [1.82, 2.24) is 10.3 Å². The molecule has 0 spiro atoms. The topological polar surface area (TPSA) is 85.1 Å². The van der Waals surface area contributed by atoms with Crippen LogP contribution in [0.25, 0.3) is 10.9 Å². The molecule has 0 unspecified atom stereocenters. The summed E-state index contributed by atoms with van der Waals surface area (Å²) in [7, 11) is 0. The van der Waals surface area contributed by atoms with Gasteiger partial charge in [0.2, 0.25) is 5.91 Å². The third kappa shape index (κ3) is 3.95. The maximum atomic E-state index is 12.2. The lowest BCUT2D eigenvalue weighted by Crippen LogP contribution is -2.44. The molecular weight excluding hydrogens is 286 g/mol. The summed E-state index contributed by atoms with van der Waals surface area (Å²) in [6.07, 6.45) is 3.96. The summed E-state index contributed by atoms with van der Waals surface area (Å²) in [4.78, 5) is 27.8. The molecule has 0 radical (unpaired) electrons. The summed E-state index contributed by atoms with van der Waals surface area (Å²) in [5.41, 5.74) is 6.56. The van der Waals surface area contributed by atoms with E-state index in [1.165, 1.54) is 6.20 Å². The fourth-order valence-corrected chi connectivity index (χ4v) is 2.43. The highest BCUT2D eigenvalue weighted by molar-refractivity contribution is 7.98. The van der Waals surface area contributed by atoms with Gasteiger partial charge in [0.25, 0.3) is 5.91 Å². The van der Waals surface area contributed by atoms with Crippen molar-refractivity contribution < 1.29 is 9.59 Å². The van der Waals surface area contributed by atoms with Gasteiger partial charge in [-0.05, 0) is 30.6 Å². The van der Waals surface area contributed by atoms with Crippen molar-refractivity contribution in [2.75, 3.05) is 12.0 Å². The normalized spacial score (nSPS) is 12.0. The molecular formula is C15H17N3O2S. The largest absolute Gasteiger partial charge is 0.368 e. The zero-order chi connectivity index (χ0) is 15.2. The number of nitrogens with one attached hydrogen (secondary N) is 1. The first kappa shape index (κ1) is 15.3. The quantitative estimate of drug-likeness (QED) is 0.848. The smallest absolute Gasteiger partial charge is 0.253 e. The molecule has 5 nitrogen and oxygen atoms in total. The standard InChI is InChI=1S/C15H17N3O2S/c1-21-7-6-13(14(16)19)18-15(20)11-8-10-4-2-3-5-12(10)17-9-11/h2-5,8-9,13H,6-7H2,1H3,(H2,16,19)(H,18,20)/t13-/m1/s1. The van der Waals surface area contributed by atoms with E-state index in [1.54, 1.807) is 17.8 Å². The molecule has 21 heavy (non-hydrogen) atoms. The average Bonchev–Trinajstić information content (AvgIpc) is 2.50. The number of hydrogen-bond donors (Lipinski definition) is 2. The van der Waals surface area contributed by atoms with Gasteiger partial charge in [-0.1, -0.05) is 18.2 Å². The Morgan fingerprint density at radius 3 is 2.86 bits per heavy atom. The molecule has 1 atom stereocenters. The number of carbonyl (C=O) groups excluding carboxylic acids is 2. The second-order valence-electron chi connectivity index (χ2n) is 4.63. The second kappa shape index (κ2) is 7.08. The van der Waals surface area contributed by atoms with E-state index < -0.39 is 11.9 Å². The molecule has 6 heteroatoms.